The molecule has 0 aliphatic carbocycles. The van der Waals surface area contributed by atoms with E-state index in [9.17, 15) is 9.59 Å². The van der Waals surface area contributed by atoms with Crippen molar-refractivity contribution in [2.45, 2.75) is 19.9 Å². The van der Waals surface area contributed by atoms with Crippen LogP contribution < -0.4 is 9.80 Å². The standard InChI is InChI=1S/C22H19ClN2O3/c1-14-13-24(22(27)21-4-3-11-28-21)20-12-17(16-5-8-18(23)9-6-16)7-10-19(20)25(14)15(2)26/h3-12,14H,13H2,1-2H3/t14-/m0/s1. The number of nitrogens with zero attached hydrogens (tertiary/aromatic N) is 2. The minimum absolute atomic E-state index is 0.0573. The van der Waals surface area contributed by atoms with Crippen molar-refractivity contribution < 1.29 is 14.0 Å². The van der Waals surface area contributed by atoms with Gasteiger partial charge in [-0.2, -0.15) is 0 Å². The molecule has 0 radical (unpaired) electrons. The number of halogens is 1. The number of carbonyl (C=O) groups is 2. The molecule has 0 saturated carbocycles. The van der Waals surface area contributed by atoms with Crippen LogP contribution in [-0.2, 0) is 4.79 Å². The zero-order valence-corrected chi connectivity index (χ0v) is 16.3. The second-order valence-corrected chi connectivity index (χ2v) is 7.28. The van der Waals surface area contributed by atoms with Crippen LogP contribution in [0.2, 0.25) is 5.02 Å². The second-order valence-electron chi connectivity index (χ2n) is 6.84. The number of anilines is 2. The number of furan rings is 1. The van der Waals surface area contributed by atoms with Crippen LogP contribution in [0, 0.1) is 0 Å². The SMILES string of the molecule is CC(=O)N1c2ccc(-c3ccc(Cl)cc3)cc2N(C(=O)c2ccco2)C[C@@H]1C. The quantitative estimate of drug-likeness (QED) is 0.614. The summed E-state index contributed by atoms with van der Waals surface area (Å²) in [7, 11) is 0. The molecule has 0 fully saturated rings. The molecule has 2 heterocycles. The van der Waals surface area contributed by atoms with Gasteiger partial charge in [0.05, 0.1) is 23.7 Å². The lowest BCUT2D eigenvalue weighted by molar-refractivity contribution is -0.117. The van der Waals surface area contributed by atoms with Crippen molar-refractivity contribution in [3.63, 3.8) is 0 Å². The van der Waals surface area contributed by atoms with Gasteiger partial charge in [-0.1, -0.05) is 29.8 Å². The Labute approximate surface area is 168 Å². The Bertz CT molecular complexity index is 1030. The van der Waals surface area contributed by atoms with Crippen LogP contribution in [0.25, 0.3) is 11.1 Å². The first-order chi connectivity index (χ1) is 13.5. The van der Waals surface area contributed by atoms with Crippen LogP contribution in [0.3, 0.4) is 0 Å². The van der Waals surface area contributed by atoms with Crippen LogP contribution in [-0.4, -0.2) is 24.4 Å². The van der Waals surface area contributed by atoms with Gasteiger partial charge in [0, 0.05) is 18.5 Å². The summed E-state index contributed by atoms with van der Waals surface area (Å²) in [4.78, 5) is 28.7. The van der Waals surface area contributed by atoms with Crippen LogP contribution >= 0.6 is 11.6 Å². The van der Waals surface area contributed by atoms with Crippen LogP contribution in [0.5, 0.6) is 0 Å². The average Bonchev–Trinajstić information content (AvgIpc) is 3.21. The maximum atomic E-state index is 13.0. The lowest BCUT2D eigenvalue weighted by atomic mass is 10.0. The van der Waals surface area contributed by atoms with E-state index in [1.54, 1.807) is 21.9 Å². The van der Waals surface area contributed by atoms with Crippen molar-refractivity contribution in [3.05, 3.63) is 71.6 Å². The first-order valence-corrected chi connectivity index (χ1v) is 9.38. The third-order valence-corrected chi connectivity index (χ3v) is 5.16. The highest BCUT2D eigenvalue weighted by atomic mass is 35.5. The number of hydrogen-bond acceptors (Lipinski definition) is 3. The van der Waals surface area contributed by atoms with Gasteiger partial charge in [0.15, 0.2) is 5.76 Å². The molecule has 1 aliphatic rings. The van der Waals surface area contributed by atoms with Crippen molar-refractivity contribution in [2.24, 2.45) is 0 Å². The predicted octanol–water partition coefficient (Wildman–Crippen LogP) is 5.00. The highest BCUT2D eigenvalue weighted by Gasteiger charge is 2.34. The normalized spacial score (nSPS) is 16.0. The largest absolute Gasteiger partial charge is 0.459 e. The van der Waals surface area contributed by atoms with E-state index in [0.29, 0.717) is 22.9 Å². The molecule has 28 heavy (non-hydrogen) atoms. The lowest BCUT2D eigenvalue weighted by Crippen LogP contribution is -2.51. The van der Waals surface area contributed by atoms with Gasteiger partial charge >= 0.3 is 0 Å². The average molecular weight is 395 g/mol. The molecule has 0 unspecified atom stereocenters. The molecule has 3 aromatic rings. The Morgan fingerprint density at radius 3 is 2.39 bits per heavy atom. The summed E-state index contributed by atoms with van der Waals surface area (Å²) < 4.78 is 5.31. The van der Waals surface area contributed by atoms with Crippen molar-refractivity contribution in [2.75, 3.05) is 16.3 Å². The number of fused-ring (bicyclic) bond motifs is 1. The minimum Gasteiger partial charge on any atom is -0.459 e. The Kier molecular flexibility index (Phi) is 4.69. The van der Waals surface area contributed by atoms with E-state index in [1.807, 2.05) is 49.4 Å². The summed E-state index contributed by atoms with van der Waals surface area (Å²) in [5.41, 5.74) is 3.31. The van der Waals surface area contributed by atoms with E-state index < -0.39 is 0 Å². The van der Waals surface area contributed by atoms with E-state index in [1.165, 1.54) is 13.2 Å². The molecular formula is C22H19ClN2O3. The molecule has 2 aromatic carbocycles. The Morgan fingerprint density at radius 1 is 1.04 bits per heavy atom. The molecule has 1 atom stereocenters. The summed E-state index contributed by atoms with van der Waals surface area (Å²) in [5.74, 6) is -0.0148. The van der Waals surface area contributed by atoms with Gasteiger partial charge in [0.25, 0.3) is 5.91 Å². The summed E-state index contributed by atoms with van der Waals surface area (Å²) in [6, 6.07) is 16.5. The number of hydrogen-bond donors (Lipinski definition) is 0. The topological polar surface area (TPSA) is 53.8 Å². The van der Waals surface area contributed by atoms with Gasteiger partial charge in [-0.25, -0.2) is 0 Å². The van der Waals surface area contributed by atoms with Gasteiger partial charge in [-0.3, -0.25) is 9.59 Å². The van der Waals surface area contributed by atoms with E-state index in [0.717, 1.165) is 11.1 Å². The highest BCUT2D eigenvalue weighted by Crippen LogP contribution is 2.39. The Balaban J connectivity index is 1.84. The minimum atomic E-state index is -0.227. The van der Waals surface area contributed by atoms with E-state index >= 15 is 0 Å². The van der Waals surface area contributed by atoms with Crippen molar-refractivity contribution >= 4 is 34.8 Å². The van der Waals surface area contributed by atoms with Crippen molar-refractivity contribution in [1.29, 1.82) is 0 Å². The molecule has 1 aromatic heterocycles. The molecule has 0 N–H and O–H groups in total. The van der Waals surface area contributed by atoms with Gasteiger partial charge in [0.2, 0.25) is 5.91 Å². The van der Waals surface area contributed by atoms with Gasteiger partial charge in [-0.15, -0.1) is 0 Å². The van der Waals surface area contributed by atoms with E-state index in [4.69, 9.17) is 16.0 Å². The molecule has 4 rings (SSSR count). The molecule has 2 amide bonds. The second kappa shape index (κ2) is 7.17. The summed E-state index contributed by atoms with van der Waals surface area (Å²) >= 11 is 6.00. The molecular weight excluding hydrogens is 376 g/mol. The van der Waals surface area contributed by atoms with Crippen LogP contribution in [0.4, 0.5) is 11.4 Å². The smallest absolute Gasteiger partial charge is 0.294 e. The summed E-state index contributed by atoms with van der Waals surface area (Å²) in [6.45, 7) is 3.85. The van der Waals surface area contributed by atoms with Gasteiger partial charge < -0.3 is 14.2 Å². The molecule has 6 heteroatoms. The molecule has 0 spiro atoms. The van der Waals surface area contributed by atoms with Gasteiger partial charge in [-0.05, 0) is 54.4 Å². The van der Waals surface area contributed by atoms with Crippen molar-refractivity contribution in [1.82, 2.24) is 0 Å². The highest BCUT2D eigenvalue weighted by molar-refractivity contribution is 6.30. The Hall–Kier alpha value is -3.05. The van der Waals surface area contributed by atoms with Crippen molar-refractivity contribution in [3.8, 4) is 11.1 Å². The maximum absolute atomic E-state index is 13.0. The van der Waals surface area contributed by atoms with Crippen LogP contribution in [0.15, 0.2) is 65.3 Å². The molecule has 142 valence electrons. The third kappa shape index (κ3) is 3.18. The summed E-state index contributed by atoms with van der Waals surface area (Å²) in [5, 5.41) is 0.660. The first kappa shape index (κ1) is 18.3. The number of benzene rings is 2. The van der Waals surface area contributed by atoms with Gasteiger partial charge in [0.1, 0.15) is 0 Å². The lowest BCUT2D eigenvalue weighted by Gasteiger charge is -2.40. The zero-order valence-electron chi connectivity index (χ0n) is 15.6. The zero-order chi connectivity index (χ0) is 19.8. The summed E-state index contributed by atoms with van der Waals surface area (Å²) in [6.07, 6.45) is 1.48. The fourth-order valence-electron chi connectivity index (χ4n) is 3.65. The number of carbonyl (C=O) groups excluding carboxylic acids is 2. The number of rotatable bonds is 2. The molecule has 5 nitrogen and oxygen atoms in total. The first-order valence-electron chi connectivity index (χ1n) is 9.01. The molecule has 0 saturated heterocycles. The van der Waals surface area contributed by atoms with E-state index in [-0.39, 0.29) is 23.6 Å². The fourth-order valence-corrected chi connectivity index (χ4v) is 3.78. The number of amides is 2. The van der Waals surface area contributed by atoms with Crippen LogP contribution in [0.1, 0.15) is 24.4 Å². The third-order valence-electron chi connectivity index (χ3n) is 4.91. The monoisotopic (exact) mass is 394 g/mol. The van der Waals surface area contributed by atoms with E-state index in [2.05, 4.69) is 0 Å². The molecule has 0 bridgehead atoms. The Morgan fingerprint density at radius 2 is 1.75 bits per heavy atom. The predicted molar refractivity (Wildman–Crippen MR) is 110 cm³/mol. The fraction of sp³-hybridized carbons (Fsp3) is 0.182. The molecule has 1 aliphatic heterocycles. The maximum Gasteiger partial charge on any atom is 0.294 e.